The third-order valence-electron chi connectivity index (χ3n) is 8.25. The highest BCUT2D eigenvalue weighted by Gasteiger charge is 2.40. The summed E-state index contributed by atoms with van der Waals surface area (Å²) < 4.78 is 0. The molecule has 38 heavy (non-hydrogen) atoms. The van der Waals surface area contributed by atoms with Crippen LogP contribution in [0.25, 0.3) is 0 Å². The summed E-state index contributed by atoms with van der Waals surface area (Å²) >= 11 is 12.5. The number of halogens is 2. The summed E-state index contributed by atoms with van der Waals surface area (Å²) in [7, 11) is 0. The highest BCUT2D eigenvalue weighted by Crippen LogP contribution is 2.38. The fraction of sp³-hybridized carbons (Fsp3) is 0.607. The van der Waals surface area contributed by atoms with Crippen molar-refractivity contribution in [3.63, 3.8) is 0 Å². The number of aromatic nitrogens is 2. The number of anilines is 2. The first-order chi connectivity index (χ1) is 18.2. The molecule has 8 nitrogen and oxygen atoms in total. The zero-order chi connectivity index (χ0) is 27.4. The smallest absolute Gasteiger partial charge is 0.373 e. The molecule has 2 aliphatic heterocycles. The average Bonchev–Trinajstić information content (AvgIpc) is 2.82. The van der Waals surface area contributed by atoms with E-state index in [1.807, 2.05) is 19.1 Å². The van der Waals surface area contributed by atoms with Gasteiger partial charge in [0.25, 0.3) is 0 Å². The number of carbonyl (C=O) groups excluding carboxylic acids is 2. The zero-order valence-electron chi connectivity index (χ0n) is 22.2. The molecule has 2 aromatic rings. The van der Waals surface area contributed by atoms with Crippen LogP contribution >= 0.6 is 23.2 Å². The maximum absolute atomic E-state index is 10.3. The van der Waals surface area contributed by atoms with E-state index in [2.05, 4.69) is 27.0 Å². The summed E-state index contributed by atoms with van der Waals surface area (Å²) in [5, 5.41) is 15.0. The van der Waals surface area contributed by atoms with Gasteiger partial charge in [-0.2, -0.15) is 14.6 Å². The molecule has 1 saturated carbocycles. The van der Waals surface area contributed by atoms with Gasteiger partial charge < -0.3 is 20.2 Å². The second kappa shape index (κ2) is 12.8. The number of likely N-dealkylation sites (tertiary alicyclic amines) is 1. The van der Waals surface area contributed by atoms with Crippen LogP contribution in [0.4, 0.5) is 11.8 Å². The van der Waals surface area contributed by atoms with Gasteiger partial charge in [0.05, 0.1) is 12.1 Å². The van der Waals surface area contributed by atoms with Gasteiger partial charge in [0.2, 0.25) is 5.95 Å². The maximum atomic E-state index is 10.3. The lowest BCUT2D eigenvalue weighted by Crippen LogP contribution is -2.56. The Kier molecular flexibility index (Phi) is 9.66. The first kappa shape index (κ1) is 28.8. The van der Waals surface area contributed by atoms with E-state index in [1.165, 1.54) is 38.8 Å². The van der Waals surface area contributed by atoms with Gasteiger partial charge in [-0.25, -0.2) is 4.98 Å². The molecule has 2 saturated heterocycles. The largest absolute Gasteiger partial charge is 0.389 e. The zero-order valence-corrected chi connectivity index (χ0v) is 23.8. The Morgan fingerprint density at radius 2 is 1.82 bits per heavy atom. The molecule has 1 unspecified atom stereocenters. The molecule has 0 amide bonds. The van der Waals surface area contributed by atoms with Crippen molar-refractivity contribution in [1.82, 2.24) is 14.9 Å². The highest BCUT2D eigenvalue weighted by molar-refractivity contribution is 6.35. The van der Waals surface area contributed by atoms with Gasteiger partial charge in [-0.15, -0.1) is 0 Å². The number of nitrogens with zero attached hydrogens (tertiary/aromatic N) is 4. The molecule has 3 heterocycles. The number of rotatable bonds is 7. The molecule has 2 N–H and O–H groups in total. The Bertz CT molecular complexity index is 1130. The number of hydrogen-bond acceptors (Lipinski definition) is 8. The van der Waals surface area contributed by atoms with Crippen molar-refractivity contribution in [2.45, 2.75) is 64.6 Å². The Labute approximate surface area is 234 Å². The molecule has 5 rings (SSSR count). The van der Waals surface area contributed by atoms with E-state index in [0.717, 1.165) is 42.5 Å². The van der Waals surface area contributed by atoms with Crippen LogP contribution in [0.5, 0.6) is 0 Å². The van der Waals surface area contributed by atoms with Crippen molar-refractivity contribution >= 4 is 41.1 Å². The molecule has 10 heteroatoms. The normalized spacial score (nSPS) is 25.2. The SMILES string of the molecule is CC1CC(N2CCC[C@H](C3CN(c4ncc(C(C)O)c(N[C@H](C)c5ccc(Cl)cc5Cl)n4)C3)C2)C1.O=C=O. The molecule has 1 aromatic heterocycles. The Morgan fingerprint density at radius 3 is 2.45 bits per heavy atom. The fourth-order valence-corrected chi connectivity index (χ4v) is 6.55. The monoisotopic (exact) mass is 561 g/mol. The van der Waals surface area contributed by atoms with Crippen molar-refractivity contribution in [3.8, 4) is 0 Å². The maximum Gasteiger partial charge on any atom is 0.373 e. The molecule has 3 fully saturated rings. The van der Waals surface area contributed by atoms with Gasteiger partial charge in [-0.1, -0.05) is 36.2 Å². The fourth-order valence-electron chi connectivity index (χ4n) is 5.98. The van der Waals surface area contributed by atoms with Crippen LogP contribution in [0.3, 0.4) is 0 Å². The van der Waals surface area contributed by atoms with Gasteiger partial charge in [0.15, 0.2) is 0 Å². The second-order valence-electron chi connectivity index (χ2n) is 11.1. The number of aliphatic hydroxyl groups excluding tert-OH is 1. The lowest BCUT2D eigenvalue weighted by Gasteiger charge is -2.50. The highest BCUT2D eigenvalue weighted by atomic mass is 35.5. The predicted octanol–water partition coefficient (Wildman–Crippen LogP) is 5.37. The van der Waals surface area contributed by atoms with Crippen LogP contribution in [0.2, 0.25) is 10.0 Å². The van der Waals surface area contributed by atoms with Gasteiger partial charge in [-0.3, -0.25) is 0 Å². The molecule has 1 aromatic carbocycles. The Balaban J connectivity index is 0.00000107. The number of hydrogen-bond donors (Lipinski definition) is 2. The third-order valence-corrected chi connectivity index (χ3v) is 8.81. The molecule has 206 valence electrons. The minimum atomic E-state index is -0.675. The van der Waals surface area contributed by atoms with Crippen LogP contribution < -0.4 is 10.2 Å². The molecular weight excluding hydrogens is 525 g/mol. The lowest BCUT2D eigenvalue weighted by atomic mass is 9.76. The Hall–Kier alpha value is -2.22. The quantitative estimate of drug-likeness (QED) is 0.465. The standard InChI is InChI=1S/C27H37Cl2N5O.CO2/c1-16-9-22(10-16)33-8-4-5-19(13-33)20-14-34(15-20)27-30-12-24(18(3)35)26(32-27)31-17(2)23-7-6-21(28)11-25(23)29;2-1-3/h6-7,11-12,16-20,22,35H,4-5,8-10,13-15H2,1-3H3,(H,30,31,32);/t16?,17-,18?,19+,22?;/m1./s1. The first-order valence-corrected chi connectivity index (χ1v) is 14.2. The van der Waals surface area contributed by atoms with E-state index in [1.54, 1.807) is 19.2 Å². The van der Waals surface area contributed by atoms with Crippen molar-refractivity contribution in [2.24, 2.45) is 17.8 Å². The van der Waals surface area contributed by atoms with Crippen molar-refractivity contribution < 1.29 is 14.7 Å². The predicted molar refractivity (Wildman–Crippen MR) is 148 cm³/mol. The van der Waals surface area contributed by atoms with Gasteiger partial charge in [0, 0.05) is 47.5 Å². The van der Waals surface area contributed by atoms with Gasteiger partial charge in [-0.05, 0) is 81.5 Å². The number of aliphatic hydroxyl groups is 1. The molecular formula is C28H37Cl2N5O3. The van der Waals surface area contributed by atoms with E-state index in [-0.39, 0.29) is 12.2 Å². The molecule has 0 bridgehead atoms. The van der Waals surface area contributed by atoms with Crippen LogP contribution in [0, 0.1) is 17.8 Å². The summed E-state index contributed by atoms with van der Waals surface area (Å²) in [4.78, 5) is 30.7. The molecule has 1 aliphatic carbocycles. The average molecular weight is 563 g/mol. The van der Waals surface area contributed by atoms with E-state index >= 15 is 0 Å². The molecule has 3 atom stereocenters. The minimum Gasteiger partial charge on any atom is -0.389 e. The molecule has 0 spiro atoms. The second-order valence-corrected chi connectivity index (χ2v) is 11.9. The number of nitrogens with one attached hydrogen (secondary N) is 1. The van der Waals surface area contributed by atoms with E-state index < -0.39 is 6.10 Å². The van der Waals surface area contributed by atoms with Crippen LogP contribution in [-0.2, 0) is 9.59 Å². The van der Waals surface area contributed by atoms with Gasteiger partial charge in [0.1, 0.15) is 5.82 Å². The Morgan fingerprint density at radius 1 is 1.11 bits per heavy atom. The summed E-state index contributed by atoms with van der Waals surface area (Å²) in [6.07, 6.45) is 6.74. The van der Waals surface area contributed by atoms with E-state index in [0.29, 0.717) is 27.3 Å². The summed E-state index contributed by atoms with van der Waals surface area (Å²) in [5.74, 6) is 3.76. The summed E-state index contributed by atoms with van der Waals surface area (Å²) in [5.41, 5.74) is 1.61. The number of piperidine rings is 1. The first-order valence-electron chi connectivity index (χ1n) is 13.4. The topological polar surface area (TPSA) is 98.7 Å². The van der Waals surface area contributed by atoms with Crippen molar-refractivity contribution in [2.75, 3.05) is 36.4 Å². The number of benzene rings is 1. The lowest BCUT2D eigenvalue weighted by molar-refractivity contribution is -0.191. The van der Waals surface area contributed by atoms with Gasteiger partial charge >= 0.3 is 6.15 Å². The van der Waals surface area contributed by atoms with Crippen molar-refractivity contribution in [1.29, 1.82) is 0 Å². The van der Waals surface area contributed by atoms with E-state index in [4.69, 9.17) is 37.8 Å². The summed E-state index contributed by atoms with van der Waals surface area (Å²) in [6, 6.07) is 6.22. The van der Waals surface area contributed by atoms with Crippen LogP contribution in [-0.4, -0.2) is 58.3 Å². The molecule has 0 radical (unpaired) electrons. The minimum absolute atomic E-state index is 0.105. The van der Waals surface area contributed by atoms with Crippen LogP contribution in [0.1, 0.15) is 69.7 Å². The van der Waals surface area contributed by atoms with Crippen LogP contribution in [0.15, 0.2) is 24.4 Å². The summed E-state index contributed by atoms with van der Waals surface area (Å²) in [6.45, 7) is 10.7. The molecule has 3 aliphatic rings. The van der Waals surface area contributed by atoms with E-state index in [9.17, 15) is 5.11 Å². The third kappa shape index (κ3) is 6.67. The van der Waals surface area contributed by atoms with Crippen molar-refractivity contribution in [3.05, 3.63) is 45.6 Å².